The molecule has 2 aromatic carbocycles. The molecular formula is C25H23ClN6O. The van der Waals surface area contributed by atoms with Gasteiger partial charge < -0.3 is 15.2 Å². The van der Waals surface area contributed by atoms with Crippen LogP contribution in [0, 0.1) is 0 Å². The minimum atomic E-state index is 0.322. The van der Waals surface area contributed by atoms with Crippen molar-refractivity contribution < 1.29 is 4.79 Å². The zero-order chi connectivity index (χ0) is 22.8. The average molecular weight is 459 g/mol. The molecule has 5 rings (SSSR count). The SMILES string of the molecule is Cn1ccnc1-c1ccccc1Nc1nc(Nc2ccc3c(c2)CCC(=O)CC3)ncc1Cl. The summed E-state index contributed by atoms with van der Waals surface area (Å²) >= 11 is 6.42. The fourth-order valence-corrected chi connectivity index (χ4v) is 4.18. The lowest BCUT2D eigenvalue weighted by Crippen LogP contribution is -2.03. The summed E-state index contributed by atoms with van der Waals surface area (Å²) in [7, 11) is 1.95. The molecule has 4 aromatic rings. The van der Waals surface area contributed by atoms with Gasteiger partial charge in [0, 0.05) is 43.5 Å². The Bertz CT molecular complexity index is 1330. The summed E-state index contributed by atoms with van der Waals surface area (Å²) in [6, 6.07) is 14.0. The van der Waals surface area contributed by atoms with Gasteiger partial charge in [0.1, 0.15) is 16.6 Å². The fourth-order valence-electron chi connectivity index (χ4n) is 4.04. The number of aromatic nitrogens is 4. The molecule has 2 N–H and O–H groups in total. The van der Waals surface area contributed by atoms with Crippen molar-refractivity contribution >= 4 is 40.5 Å². The van der Waals surface area contributed by atoms with E-state index in [9.17, 15) is 4.79 Å². The van der Waals surface area contributed by atoms with Crippen molar-refractivity contribution in [1.29, 1.82) is 0 Å². The Kier molecular flexibility index (Phi) is 5.79. The van der Waals surface area contributed by atoms with Crippen LogP contribution in [0.4, 0.5) is 23.1 Å². The number of para-hydroxylation sites is 1. The number of hydrogen-bond donors (Lipinski definition) is 2. The number of ketones is 1. The maximum absolute atomic E-state index is 11.8. The number of rotatable bonds is 5. The van der Waals surface area contributed by atoms with Crippen LogP contribution in [0.3, 0.4) is 0 Å². The molecule has 33 heavy (non-hydrogen) atoms. The van der Waals surface area contributed by atoms with Crippen LogP contribution in [0.2, 0.25) is 5.02 Å². The van der Waals surface area contributed by atoms with Gasteiger partial charge in [0.05, 0.1) is 11.9 Å². The second-order valence-electron chi connectivity index (χ2n) is 8.07. The Labute approximate surface area is 196 Å². The van der Waals surface area contributed by atoms with E-state index in [0.29, 0.717) is 35.4 Å². The van der Waals surface area contributed by atoms with E-state index >= 15 is 0 Å². The Morgan fingerprint density at radius 1 is 0.970 bits per heavy atom. The molecule has 0 amide bonds. The maximum Gasteiger partial charge on any atom is 0.229 e. The third kappa shape index (κ3) is 4.59. The van der Waals surface area contributed by atoms with Gasteiger partial charge in [-0.1, -0.05) is 29.8 Å². The van der Waals surface area contributed by atoms with E-state index in [2.05, 4.69) is 37.7 Å². The number of halogens is 1. The first kappa shape index (κ1) is 21.2. The van der Waals surface area contributed by atoms with Crippen LogP contribution in [0.15, 0.2) is 61.1 Å². The lowest BCUT2D eigenvalue weighted by Gasteiger charge is -2.14. The molecule has 0 radical (unpaired) electrons. The van der Waals surface area contributed by atoms with Crippen molar-refractivity contribution in [3.63, 3.8) is 0 Å². The number of carbonyl (C=O) groups is 1. The number of nitrogens with zero attached hydrogens (tertiary/aromatic N) is 4. The predicted octanol–water partition coefficient (Wildman–Crippen LogP) is 5.47. The zero-order valence-electron chi connectivity index (χ0n) is 18.2. The normalized spacial score (nSPS) is 13.3. The maximum atomic E-state index is 11.8. The molecule has 2 heterocycles. The van der Waals surface area contributed by atoms with E-state index in [1.54, 1.807) is 12.4 Å². The monoisotopic (exact) mass is 458 g/mol. The molecule has 0 saturated heterocycles. The van der Waals surface area contributed by atoms with Gasteiger partial charge in [-0.25, -0.2) is 9.97 Å². The van der Waals surface area contributed by atoms with E-state index in [4.69, 9.17) is 11.6 Å². The summed E-state index contributed by atoms with van der Waals surface area (Å²) in [6.07, 6.45) is 8.03. The first-order chi connectivity index (χ1) is 16.1. The molecular weight excluding hydrogens is 436 g/mol. The van der Waals surface area contributed by atoms with Gasteiger partial charge in [0.2, 0.25) is 5.95 Å². The van der Waals surface area contributed by atoms with Crippen molar-refractivity contribution in [1.82, 2.24) is 19.5 Å². The first-order valence-corrected chi connectivity index (χ1v) is 11.2. The Morgan fingerprint density at radius 3 is 2.61 bits per heavy atom. The molecule has 2 aromatic heterocycles. The third-order valence-electron chi connectivity index (χ3n) is 5.80. The highest BCUT2D eigenvalue weighted by molar-refractivity contribution is 6.33. The van der Waals surface area contributed by atoms with Crippen LogP contribution in [0.25, 0.3) is 11.4 Å². The fraction of sp³-hybridized carbons (Fsp3) is 0.200. The van der Waals surface area contributed by atoms with E-state index in [1.807, 2.05) is 48.1 Å². The van der Waals surface area contributed by atoms with Gasteiger partial charge in [-0.05, 0) is 48.2 Å². The summed E-state index contributed by atoms with van der Waals surface area (Å²) in [4.78, 5) is 25.2. The Balaban J connectivity index is 1.40. The van der Waals surface area contributed by atoms with Crippen molar-refractivity contribution in [2.24, 2.45) is 7.05 Å². The molecule has 166 valence electrons. The number of benzene rings is 2. The summed E-state index contributed by atoms with van der Waals surface area (Å²) in [5.41, 5.74) is 5.09. The predicted molar refractivity (Wildman–Crippen MR) is 130 cm³/mol. The number of hydrogen-bond acceptors (Lipinski definition) is 6. The molecule has 0 bridgehead atoms. The van der Waals surface area contributed by atoms with Crippen molar-refractivity contribution in [2.75, 3.05) is 10.6 Å². The second-order valence-corrected chi connectivity index (χ2v) is 8.48. The summed E-state index contributed by atoms with van der Waals surface area (Å²) in [6.45, 7) is 0. The summed E-state index contributed by atoms with van der Waals surface area (Å²) in [5, 5.41) is 7.01. The molecule has 0 unspecified atom stereocenters. The number of nitrogens with one attached hydrogen (secondary N) is 2. The van der Waals surface area contributed by atoms with Gasteiger partial charge in [0.15, 0.2) is 5.82 Å². The number of carbonyl (C=O) groups excluding carboxylic acids is 1. The molecule has 1 aliphatic rings. The number of aryl methyl sites for hydroxylation is 3. The topological polar surface area (TPSA) is 84.7 Å². The quantitative estimate of drug-likeness (QED) is 0.386. The van der Waals surface area contributed by atoms with Crippen molar-refractivity contribution in [2.45, 2.75) is 25.7 Å². The second kappa shape index (κ2) is 9.03. The van der Waals surface area contributed by atoms with E-state index < -0.39 is 0 Å². The Hall–Kier alpha value is -3.71. The van der Waals surface area contributed by atoms with Gasteiger partial charge in [-0.15, -0.1) is 0 Å². The van der Waals surface area contributed by atoms with E-state index in [1.165, 1.54) is 11.1 Å². The lowest BCUT2D eigenvalue weighted by molar-refractivity contribution is -0.118. The number of imidazole rings is 1. The molecule has 1 aliphatic carbocycles. The van der Waals surface area contributed by atoms with Crippen LogP contribution < -0.4 is 10.6 Å². The van der Waals surface area contributed by atoms with E-state index in [-0.39, 0.29) is 0 Å². The van der Waals surface area contributed by atoms with Gasteiger partial charge >= 0.3 is 0 Å². The largest absolute Gasteiger partial charge is 0.338 e. The van der Waals surface area contributed by atoms with Crippen molar-refractivity contribution in [3.05, 3.63) is 77.2 Å². The molecule has 8 heteroatoms. The first-order valence-electron chi connectivity index (χ1n) is 10.8. The summed E-state index contributed by atoms with van der Waals surface area (Å²) < 4.78 is 1.96. The van der Waals surface area contributed by atoms with Gasteiger partial charge in [-0.2, -0.15) is 4.98 Å². The smallest absolute Gasteiger partial charge is 0.229 e. The van der Waals surface area contributed by atoms with Gasteiger partial charge in [0.25, 0.3) is 0 Å². The van der Waals surface area contributed by atoms with Crippen molar-refractivity contribution in [3.8, 4) is 11.4 Å². The van der Waals surface area contributed by atoms with Crippen LogP contribution >= 0.6 is 11.6 Å². The lowest BCUT2D eigenvalue weighted by atomic mass is 10.0. The summed E-state index contributed by atoms with van der Waals surface area (Å²) in [5.74, 6) is 2.09. The molecule has 0 saturated carbocycles. The minimum absolute atomic E-state index is 0.322. The molecule has 0 spiro atoms. The highest BCUT2D eigenvalue weighted by atomic mass is 35.5. The van der Waals surface area contributed by atoms with Crippen LogP contribution in [0.1, 0.15) is 24.0 Å². The number of fused-ring (bicyclic) bond motifs is 1. The molecule has 7 nitrogen and oxygen atoms in total. The van der Waals surface area contributed by atoms with E-state index in [0.717, 1.165) is 35.6 Å². The highest BCUT2D eigenvalue weighted by Crippen LogP contribution is 2.31. The average Bonchev–Trinajstić information content (AvgIpc) is 3.16. The Morgan fingerprint density at radius 2 is 1.79 bits per heavy atom. The molecule has 0 atom stereocenters. The highest BCUT2D eigenvalue weighted by Gasteiger charge is 2.15. The van der Waals surface area contributed by atoms with Crippen LogP contribution in [-0.4, -0.2) is 25.3 Å². The standard InChI is InChI=1S/C25H23ClN6O/c1-32-13-12-27-24(32)20-4-2-3-5-22(20)30-23-21(26)15-28-25(31-23)29-18-9-6-16-7-10-19(33)11-8-17(16)14-18/h2-6,9,12-15H,7-8,10-11H2,1H3,(H2,28,29,30,31). The third-order valence-corrected chi connectivity index (χ3v) is 6.07. The molecule has 0 aliphatic heterocycles. The minimum Gasteiger partial charge on any atom is -0.338 e. The van der Waals surface area contributed by atoms with Gasteiger partial charge in [-0.3, -0.25) is 4.79 Å². The van der Waals surface area contributed by atoms with Crippen LogP contribution in [-0.2, 0) is 24.7 Å². The molecule has 0 fully saturated rings. The van der Waals surface area contributed by atoms with Crippen LogP contribution in [0.5, 0.6) is 0 Å². The number of anilines is 4. The number of Topliss-reactive ketones (excluding diaryl/α,β-unsaturated/α-hetero) is 1. The zero-order valence-corrected chi connectivity index (χ0v) is 18.9.